The Balaban J connectivity index is 0. The molecule has 0 spiro atoms. The third kappa shape index (κ3) is 13.1. The van der Waals surface area contributed by atoms with Crippen molar-refractivity contribution in [1.82, 2.24) is 5.32 Å². The van der Waals surface area contributed by atoms with Crippen molar-refractivity contribution in [3.63, 3.8) is 0 Å². The van der Waals surface area contributed by atoms with E-state index in [1.165, 1.54) is 0 Å². The zero-order chi connectivity index (χ0) is 8.53. The summed E-state index contributed by atoms with van der Waals surface area (Å²) in [7, 11) is 0. The SMILES string of the molecule is [CH2-]CNCCOCCC(=O)O.[U]. The van der Waals surface area contributed by atoms with Crippen LogP contribution in [0.5, 0.6) is 0 Å². The van der Waals surface area contributed by atoms with Crippen molar-refractivity contribution in [2.45, 2.75) is 6.42 Å². The Labute approximate surface area is 96.4 Å². The minimum absolute atomic E-state index is 0. The molecule has 0 aliphatic rings. The van der Waals surface area contributed by atoms with Gasteiger partial charge >= 0.3 is 5.97 Å². The summed E-state index contributed by atoms with van der Waals surface area (Å²) in [6.45, 7) is 5.80. The summed E-state index contributed by atoms with van der Waals surface area (Å²) in [5, 5.41) is 11.2. The predicted octanol–water partition coefficient (Wildman–Crippen LogP) is -0.0986. The first-order chi connectivity index (χ1) is 5.27. The van der Waals surface area contributed by atoms with E-state index < -0.39 is 5.97 Å². The molecule has 0 atom stereocenters. The first-order valence-electron chi connectivity index (χ1n) is 3.57. The topological polar surface area (TPSA) is 58.6 Å². The maximum absolute atomic E-state index is 9.98. The Hall–Kier alpha value is 0.442. The summed E-state index contributed by atoms with van der Waals surface area (Å²) >= 11 is 0. The zero-order valence-electron chi connectivity index (χ0n) is 7.01. The van der Waals surface area contributed by atoms with Crippen LogP contribution >= 0.6 is 0 Å². The van der Waals surface area contributed by atoms with Gasteiger partial charge in [0, 0.05) is 37.7 Å². The molecule has 0 amide bonds. The van der Waals surface area contributed by atoms with Gasteiger partial charge in [-0.1, -0.05) is 0 Å². The summed E-state index contributed by atoms with van der Waals surface area (Å²) in [6.07, 6.45) is 0.0738. The molecule has 5 heteroatoms. The Morgan fingerprint density at radius 1 is 1.50 bits per heavy atom. The Morgan fingerprint density at radius 3 is 2.67 bits per heavy atom. The van der Waals surface area contributed by atoms with Gasteiger partial charge in [0.1, 0.15) is 0 Å². The first-order valence-corrected chi connectivity index (χ1v) is 3.57. The molecule has 0 heterocycles. The Kier molecular flexibility index (Phi) is 14.2. The summed E-state index contributed by atoms with van der Waals surface area (Å²) in [5.74, 6) is -0.824. The molecule has 0 aromatic heterocycles. The van der Waals surface area contributed by atoms with Crippen molar-refractivity contribution in [3.8, 4) is 0 Å². The van der Waals surface area contributed by atoms with Crippen molar-refractivity contribution < 1.29 is 45.8 Å². The molecule has 4 nitrogen and oxygen atoms in total. The minimum atomic E-state index is -0.824. The van der Waals surface area contributed by atoms with Gasteiger partial charge in [0.05, 0.1) is 19.6 Å². The first kappa shape index (κ1) is 14.9. The Morgan fingerprint density at radius 2 is 2.17 bits per heavy atom. The van der Waals surface area contributed by atoms with Crippen LogP contribution in [0.3, 0.4) is 0 Å². The average Bonchev–Trinajstić information content (AvgIpc) is 1.96. The van der Waals surface area contributed by atoms with Crippen molar-refractivity contribution >= 4 is 5.97 Å². The largest absolute Gasteiger partial charge is 0.481 e. The van der Waals surface area contributed by atoms with Crippen LogP contribution < -0.4 is 5.32 Å². The molecule has 70 valence electrons. The summed E-state index contributed by atoms with van der Waals surface area (Å²) in [4.78, 5) is 9.98. The van der Waals surface area contributed by atoms with Crippen LogP contribution in [0, 0.1) is 38.0 Å². The number of nitrogens with one attached hydrogen (secondary N) is 1. The van der Waals surface area contributed by atoms with E-state index in [4.69, 9.17) is 9.84 Å². The zero-order valence-corrected chi connectivity index (χ0v) is 11.2. The van der Waals surface area contributed by atoms with E-state index in [2.05, 4.69) is 12.2 Å². The molecule has 2 N–H and O–H groups in total. The number of carbonyl (C=O) groups is 1. The number of rotatable bonds is 7. The maximum atomic E-state index is 9.98. The molecule has 0 bridgehead atoms. The van der Waals surface area contributed by atoms with E-state index in [1.807, 2.05) is 0 Å². The molecular weight excluding hydrogens is 384 g/mol. The standard InChI is InChI=1S/C7H14NO3.U/c1-2-8-4-6-11-5-3-7(9)10;/h8H,1-6H2,(H,9,10);/q-1;. The van der Waals surface area contributed by atoms with Crippen LogP contribution in [0.1, 0.15) is 6.42 Å². The molecule has 0 radical (unpaired) electrons. The monoisotopic (exact) mass is 398 g/mol. The summed E-state index contributed by atoms with van der Waals surface area (Å²) < 4.78 is 4.98. The van der Waals surface area contributed by atoms with E-state index in [-0.39, 0.29) is 44.1 Å². The average molecular weight is 398 g/mol. The number of carboxylic acid groups (broad SMARTS) is 1. The molecular formula is C7H14NO3U-. The molecule has 0 aromatic rings. The molecule has 0 aliphatic carbocycles. The van der Waals surface area contributed by atoms with Gasteiger partial charge in [0.15, 0.2) is 0 Å². The molecule has 0 saturated heterocycles. The summed E-state index contributed by atoms with van der Waals surface area (Å²) in [6, 6.07) is 0. The fraction of sp³-hybridized carbons (Fsp3) is 0.714. The number of hydrogen-bond acceptors (Lipinski definition) is 3. The second-order valence-electron chi connectivity index (χ2n) is 2.01. The van der Waals surface area contributed by atoms with Crippen LogP contribution in [-0.4, -0.2) is 37.4 Å². The van der Waals surface area contributed by atoms with Gasteiger partial charge in [0.2, 0.25) is 0 Å². The number of carboxylic acids is 1. The Bertz CT molecular complexity index is 111. The normalized spacial score (nSPS) is 9.08. The van der Waals surface area contributed by atoms with E-state index in [0.717, 1.165) is 6.54 Å². The maximum Gasteiger partial charge on any atom is 0.305 e. The van der Waals surface area contributed by atoms with Crippen molar-refractivity contribution in [2.24, 2.45) is 0 Å². The number of aliphatic carboxylic acids is 1. The molecule has 0 unspecified atom stereocenters. The van der Waals surface area contributed by atoms with Gasteiger partial charge in [-0.15, -0.1) is 6.54 Å². The van der Waals surface area contributed by atoms with Gasteiger partial charge in [-0.3, -0.25) is 4.79 Å². The van der Waals surface area contributed by atoms with Gasteiger partial charge in [0.25, 0.3) is 0 Å². The van der Waals surface area contributed by atoms with Gasteiger partial charge in [-0.05, 0) is 0 Å². The van der Waals surface area contributed by atoms with Crippen LogP contribution in [0.4, 0.5) is 0 Å². The van der Waals surface area contributed by atoms with Crippen molar-refractivity contribution in [3.05, 3.63) is 6.92 Å². The van der Waals surface area contributed by atoms with Gasteiger partial charge in [-0.2, -0.15) is 0 Å². The van der Waals surface area contributed by atoms with Crippen molar-refractivity contribution in [2.75, 3.05) is 26.3 Å². The second kappa shape index (κ2) is 11.4. The molecule has 0 aliphatic heterocycles. The van der Waals surface area contributed by atoms with Crippen LogP contribution in [0.15, 0.2) is 0 Å². The van der Waals surface area contributed by atoms with Crippen LogP contribution in [0.25, 0.3) is 0 Å². The molecule has 0 saturated carbocycles. The van der Waals surface area contributed by atoms with Crippen LogP contribution in [0.2, 0.25) is 0 Å². The molecule has 0 fully saturated rings. The van der Waals surface area contributed by atoms with E-state index in [0.29, 0.717) is 13.2 Å². The van der Waals surface area contributed by atoms with E-state index >= 15 is 0 Å². The van der Waals surface area contributed by atoms with E-state index in [1.54, 1.807) is 0 Å². The summed E-state index contributed by atoms with van der Waals surface area (Å²) in [5.41, 5.74) is 0. The number of ether oxygens (including phenoxy) is 1. The van der Waals surface area contributed by atoms with E-state index in [9.17, 15) is 4.79 Å². The number of hydrogen-bond donors (Lipinski definition) is 2. The molecule has 0 rings (SSSR count). The fourth-order valence-electron chi connectivity index (χ4n) is 0.531. The third-order valence-electron chi connectivity index (χ3n) is 1.06. The molecule has 0 aromatic carbocycles. The third-order valence-corrected chi connectivity index (χ3v) is 1.06. The van der Waals surface area contributed by atoms with Crippen LogP contribution in [-0.2, 0) is 9.53 Å². The predicted molar refractivity (Wildman–Crippen MR) is 41.3 cm³/mol. The van der Waals surface area contributed by atoms with Gasteiger partial charge < -0.3 is 22.1 Å². The fourth-order valence-corrected chi connectivity index (χ4v) is 0.531. The van der Waals surface area contributed by atoms with Gasteiger partial charge in [-0.25, -0.2) is 0 Å². The quantitative estimate of drug-likeness (QED) is 0.465. The van der Waals surface area contributed by atoms with Crippen molar-refractivity contribution in [1.29, 1.82) is 0 Å². The smallest absolute Gasteiger partial charge is 0.305 e. The minimum Gasteiger partial charge on any atom is -0.481 e. The molecule has 12 heavy (non-hydrogen) atoms. The second-order valence-corrected chi connectivity index (χ2v) is 2.01.